The second-order valence-electron chi connectivity index (χ2n) is 12.7. The van der Waals surface area contributed by atoms with Gasteiger partial charge in [-0.05, 0) is 90.0 Å². The van der Waals surface area contributed by atoms with Gasteiger partial charge in [0, 0.05) is 21.5 Å². The number of hydrogen-bond donors (Lipinski definition) is 0. The average Bonchev–Trinajstić information content (AvgIpc) is 3.53. The van der Waals surface area contributed by atoms with Crippen molar-refractivity contribution < 1.29 is 4.42 Å². The van der Waals surface area contributed by atoms with Crippen LogP contribution in [0.15, 0.2) is 168 Å². The van der Waals surface area contributed by atoms with Crippen molar-refractivity contribution in [3.63, 3.8) is 0 Å². The van der Waals surface area contributed by atoms with Gasteiger partial charge in [0.1, 0.15) is 17.2 Å². The third-order valence-electron chi connectivity index (χ3n) is 10.1. The molecule has 0 bridgehead atoms. The first kappa shape index (κ1) is 27.4. The van der Waals surface area contributed by atoms with Crippen molar-refractivity contribution in [3.8, 4) is 39.4 Å². The molecule has 2 nitrogen and oxygen atoms in total. The zero-order chi connectivity index (χ0) is 32.5. The van der Waals surface area contributed by atoms with Gasteiger partial charge in [-0.2, -0.15) is 5.26 Å². The molecule has 0 aliphatic rings. The van der Waals surface area contributed by atoms with Gasteiger partial charge in [0.05, 0.1) is 5.56 Å². The molecule has 0 saturated heterocycles. The Morgan fingerprint density at radius 1 is 0.327 bits per heavy atom. The van der Waals surface area contributed by atoms with E-state index in [1.165, 1.54) is 38.2 Å². The average molecular weight is 622 g/mol. The van der Waals surface area contributed by atoms with E-state index in [1.807, 2.05) is 36.4 Å². The number of rotatable bonds is 3. The summed E-state index contributed by atoms with van der Waals surface area (Å²) in [5, 5.41) is 21.3. The van der Waals surface area contributed by atoms with Crippen LogP contribution in [-0.2, 0) is 0 Å². The Morgan fingerprint density at radius 3 is 1.29 bits per heavy atom. The molecule has 0 saturated carbocycles. The maximum Gasteiger partial charge on any atom is 0.136 e. The van der Waals surface area contributed by atoms with Gasteiger partial charge in [-0.1, -0.05) is 140 Å². The van der Waals surface area contributed by atoms with Gasteiger partial charge in [0.2, 0.25) is 0 Å². The van der Waals surface area contributed by atoms with Crippen molar-refractivity contribution in [1.29, 1.82) is 5.26 Å². The Labute approximate surface area is 282 Å². The molecule has 0 radical (unpaired) electrons. The van der Waals surface area contributed by atoms with Crippen LogP contribution in [-0.4, -0.2) is 0 Å². The minimum Gasteiger partial charge on any atom is -0.456 e. The van der Waals surface area contributed by atoms with Gasteiger partial charge in [-0.3, -0.25) is 0 Å². The SMILES string of the molecule is N#Cc1c2ccccc2c(-c2ccc3c(c2)oc2ccc(-c4c5ccccc5c(-c5ccccc5)c5ccccc45)cc23)c2ccccc12. The largest absolute Gasteiger partial charge is 0.456 e. The van der Waals surface area contributed by atoms with E-state index in [0.717, 1.165) is 60.2 Å². The van der Waals surface area contributed by atoms with Crippen molar-refractivity contribution in [1.82, 2.24) is 0 Å². The number of nitrogens with zero attached hydrogens (tertiary/aromatic N) is 1. The molecule has 226 valence electrons. The molecule has 1 aromatic heterocycles. The van der Waals surface area contributed by atoms with Crippen molar-refractivity contribution in [2.45, 2.75) is 0 Å². The third kappa shape index (κ3) is 4.07. The highest BCUT2D eigenvalue weighted by atomic mass is 16.3. The van der Waals surface area contributed by atoms with E-state index in [4.69, 9.17) is 4.42 Å². The molecular formula is C47H27NO. The van der Waals surface area contributed by atoms with Crippen LogP contribution in [0.2, 0.25) is 0 Å². The van der Waals surface area contributed by atoms with Crippen LogP contribution in [0, 0.1) is 11.3 Å². The molecule has 1 heterocycles. The van der Waals surface area contributed by atoms with E-state index in [-0.39, 0.29) is 0 Å². The topological polar surface area (TPSA) is 36.9 Å². The van der Waals surface area contributed by atoms with Gasteiger partial charge in [0.25, 0.3) is 0 Å². The van der Waals surface area contributed by atoms with E-state index in [2.05, 4.69) is 133 Å². The van der Waals surface area contributed by atoms with E-state index in [0.29, 0.717) is 5.56 Å². The predicted octanol–water partition coefficient (Wildman–Crippen LogP) is 13.1. The fraction of sp³-hybridized carbons (Fsp3) is 0. The molecule has 10 rings (SSSR count). The van der Waals surface area contributed by atoms with Gasteiger partial charge in [-0.15, -0.1) is 0 Å². The number of benzene rings is 9. The first-order valence-corrected chi connectivity index (χ1v) is 16.6. The smallest absolute Gasteiger partial charge is 0.136 e. The number of fused-ring (bicyclic) bond motifs is 7. The lowest BCUT2D eigenvalue weighted by atomic mass is 9.86. The van der Waals surface area contributed by atoms with Crippen molar-refractivity contribution in [3.05, 3.63) is 169 Å². The second kappa shape index (κ2) is 10.7. The molecule has 49 heavy (non-hydrogen) atoms. The van der Waals surface area contributed by atoms with Crippen LogP contribution >= 0.6 is 0 Å². The molecule has 2 heteroatoms. The lowest BCUT2D eigenvalue weighted by Gasteiger charge is -2.17. The minimum absolute atomic E-state index is 0.712. The van der Waals surface area contributed by atoms with Crippen LogP contribution < -0.4 is 0 Å². The number of furan rings is 1. The summed E-state index contributed by atoms with van der Waals surface area (Å²) >= 11 is 0. The molecule has 0 fully saturated rings. The monoisotopic (exact) mass is 621 g/mol. The Kier molecular flexibility index (Phi) is 5.97. The zero-order valence-electron chi connectivity index (χ0n) is 26.4. The summed E-state index contributed by atoms with van der Waals surface area (Å²) in [4.78, 5) is 0. The van der Waals surface area contributed by atoms with Gasteiger partial charge in [-0.25, -0.2) is 0 Å². The van der Waals surface area contributed by atoms with Crippen LogP contribution in [0.4, 0.5) is 0 Å². The molecule has 0 aliphatic heterocycles. The Hall–Kier alpha value is -6.69. The minimum atomic E-state index is 0.712. The van der Waals surface area contributed by atoms with Crippen LogP contribution in [0.25, 0.3) is 98.4 Å². The molecule has 0 spiro atoms. The molecule has 0 aliphatic carbocycles. The Morgan fingerprint density at radius 2 is 0.755 bits per heavy atom. The van der Waals surface area contributed by atoms with Crippen molar-refractivity contribution in [2.24, 2.45) is 0 Å². The first-order valence-electron chi connectivity index (χ1n) is 16.6. The van der Waals surface area contributed by atoms with E-state index < -0.39 is 0 Å². The summed E-state index contributed by atoms with van der Waals surface area (Å²) < 4.78 is 6.57. The summed E-state index contributed by atoms with van der Waals surface area (Å²) in [6.07, 6.45) is 0. The highest BCUT2D eigenvalue weighted by Gasteiger charge is 2.19. The number of hydrogen-bond acceptors (Lipinski definition) is 2. The standard InChI is InChI=1S/C47H27NO/c48-28-42-32-14-4-6-16-35(32)47(36-17-7-5-15-33(36)42)31-22-24-34-41-26-30(23-25-43(41)49-44(34)27-31)46-39-20-10-8-18-37(39)45(29-12-2-1-3-13-29)38-19-9-11-21-40(38)46/h1-27H. The zero-order valence-corrected chi connectivity index (χ0v) is 26.4. The van der Waals surface area contributed by atoms with Crippen LogP contribution in [0.5, 0.6) is 0 Å². The summed E-state index contributed by atoms with van der Waals surface area (Å²) in [6, 6.07) is 60.3. The van der Waals surface area contributed by atoms with E-state index >= 15 is 0 Å². The molecule has 0 unspecified atom stereocenters. The van der Waals surface area contributed by atoms with Crippen LogP contribution in [0.1, 0.15) is 5.56 Å². The van der Waals surface area contributed by atoms with E-state index in [9.17, 15) is 5.26 Å². The van der Waals surface area contributed by atoms with E-state index in [1.54, 1.807) is 0 Å². The van der Waals surface area contributed by atoms with Crippen molar-refractivity contribution >= 4 is 65.0 Å². The lowest BCUT2D eigenvalue weighted by molar-refractivity contribution is 0.669. The molecule has 10 aromatic rings. The second-order valence-corrected chi connectivity index (χ2v) is 12.7. The van der Waals surface area contributed by atoms with Gasteiger partial charge < -0.3 is 4.42 Å². The normalized spacial score (nSPS) is 11.7. The summed E-state index contributed by atoms with van der Waals surface area (Å²) in [6.45, 7) is 0. The summed E-state index contributed by atoms with van der Waals surface area (Å²) in [5.41, 5.74) is 9.48. The Balaban J connectivity index is 1.21. The molecular weight excluding hydrogens is 595 g/mol. The van der Waals surface area contributed by atoms with Gasteiger partial charge >= 0.3 is 0 Å². The first-order chi connectivity index (χ1) is 24.3. The highest BCUT2D eigenvalue weighted by Crippen LogP contribution is 2.45. The fourth-order valence-corrected chi connectivity index (χ4v) is 8.00. The maximum absolute atomic E-state index is 10.1. The lowest BCUT2D eigenvalue weighted by Crippen LogP contribution is -1.90. The number of nitriles is 1. The molecule has 0 N–H and O–H groups in total. The van der Waals surface area contributed by atoms with Gasteiger partial charge in [0.15, 0.2) is 0 Å². The Bertz CT molecular complexity index is 2880. The summed E-state index contributed by atoms with van der Waals surface area (Å²) in [5.74, 6) is 0. The predicted molar refractivity (Wildman–Crippen MR) is 205 cm³/mol. The fourth-order valence-electron chi connectivity index (χ4n) is 8.00. The maximum atomic E-state index is 10.1. The highest BCUT2D eigenvalue weighted by molar-refractivity contribution is 6.22. The van der Waals surface area contributed by atoms with Crippen molar-refractivity contribution in [2.75, 3.05) is 0 Å². The summed E-state index contributed by atoms with van der Waals surface area (Å²) in [7, 11) is 0. The molecule has 0 amide bonds. The van der Waals surface area contributed by atoms with Crippen LogP contribution in [0.3, 0.4) is 0 Å². The quantitative estimate of drug-likeness (QED) is 0.184. The molecule has 0 atom stereocenters. The third-order valence-corrected chi connectivity index (χ3v) is 10.1. The molecule has 9 aromatic carbocycles.